The van der Waals surface area contributed by atoms with E-state index in [1.807, 2.05) is 42.5 Å². The second-order valence-corrected chi connectivity index (χ2v) is 10.2. The zero-order valence-corrected chi connectivity index (χ0v) is 21.7. The highest BCUT2D eigenvalue weighted by Gasteiger charge is 2.16. The molecule has 0 aliphatic heterocycles. The highest BCUT2D eigenvalue weighted by molar-refractivity contribution is 6.21. The number of hydrogen-bond acceptors (Lipinski definition) is 0. The normalized spacial score (nSPS) is 12.9. The molecule has 0 heteroatoms. The van der Waals surface area contributed by atoms with Crippen molar-refractivity contribution in [3.05, 3.63) is 158 Å². The number of rotatable bonds is 3. The lowest BCUT2D eigenvalue weighted by Gasteiger charge is -2.18. The summed E-state index contributed by atoms with van der Waals surface area (Å²) in [7, 11) is 0. The molecule has 0 nitrogen and oxygen atoms in total. The van der Waals surface area contributed by atoms with Crippen LogP contribution in [-0.4, -0.2) is 0 Å². The summed E-state index contributed by atoms with van der Waals surface area (Å²) >= 11 is 0. The van der Waals surface area contributed by atoms with Crippen LogP contribution in [0.1, 0.15) is 5.48 Å². The zero-order chi connectivity index (χ0) is 29.9. The molecule has 0 heterocycles. The van der Waals surface area contributed by atoms with Gasteiger partial charge in [-0.3, -0.25) is 0 Å². The third-order valence-electron chi connectivity index (χ3n) is 7.97. The van der Waals surface area contributed by atoms with Gasteiger partial charge in [0, 0.05) is 0 Å². The number of hydrogen-bond donors (Lipinski definition) is 0. The molecule has 8 rings (SSSR count). The summed E-state index contributed by atoms with van der Waals surface area (Å²) in [6.45, 7) is 0. The smallest absolute Gasteiger partial charge is 0.0622 e. The Morgan fingerprint density at radius 3 is 1.48 bits per heavy atom. The van der Waals surface area contributed by atoms with Crippen molar-refractivity contribution in [2.45, 2.75) is 0 Å². The van der Waals surface area contributed by atoms with Crippen molar-refractivity contribution in [2.24, 2.45) is 0 Å². The van der Waals surface area contributed by atoms with E-state index in [0.29, 0.717) is 10.8 Å². The van der Waals surface area contributed by atoms with Crippen LogP contribution in [0.3, 0.4) is 0 Å². The molecule has 8 aromatic rings. The lowest BCUT2D eigenvalue weighted by molar-refractivity contribution is 1.64. The van der Waals surface area contributed by atoms with Crippen LogP contribution in [0.25, 0.3) is 76.5 Å². The lowest BCUT2D eigenvalue weighted by atomic mass is 9.85. The standard InChI is InChI=1S/C40H26/c1-2-12-28(13-3-1)39-34-18-8-10-20-36(34)40(37-21-11-9-19-35(37)39)29-24-22-27(23-25-29)38-26-30-14-4-5-15-31(30)32-16-6-7-17-33(32)38/h1-26H/i8D,10D,18D,20D. The van der Waals surface area contributed by atoms with Gasteiger partial charge in [0.1, 0.15) is 0 Å². The molecule has 0 fully saturated rings. The maximum absolute atomic E-state index is 9.10. The molecule has 0 spiro atoms. The third kappa shape index (κ3) is 3.54. The molecular formula is C40H26. The largest absolute Gasteiger partial charge is 0.0629 e. The highest BCUT2D eigenvalue weighted by atomic mass is 14.2. The molecule has 0 N–H and O–H groups in total. The van der Waals surface area contributed by atoms with E-state index in [1.54, 1.807) is 0 Å². The van der Waals surface area contributed by atoms with Crippen LogP contribution in [0.2, 0.25) is 0 Å². The van der Waals surface area contributed by atoms with Crippen molar-refractivity contribution < 1.29 is 5.48 Å². The van der Waals surface area contributed by atoms with Crippen molar-refractivity contribution >= 4 is 43.1 Å². The number of benzene rings is 8. The van der Waals surface area contributed by atoms with Crippen LogP contribution < -0.4 is 0 Å². The minimum Gasteiger partial charge on any atom is -0.0622 e. The maximum Gasteiger partial charge on any atom is 0.0629 e. The fourth-order valence-corrected chi connectivity index (χ4v) is 6.19. The molecule has 0 saturated carbocycles. The van der Waals surface area contributed by atoms with Gasteiger partial charge in [0.2, 0.25) is 0 Å². The van der Waals surface area contributed by atoms with Gasteiger partial charge in [0.25, 0.3) is 0 Å². The average Bonchev–Trinajstić information content (AvgIpc) is 3.09. The maximum atomic E-state index is 9.10. The topological polar surface area (TPSA) is 0 Å². The molecule has 0 unspecified atom stereocenters. The van der Waals surface area contributed by atoms with Crippen molar-refractivity contribution in [3.8, 4) is 33.4 Å². The van der Waals surface area contributed by atoms with E-state index in [1.165, 1.54) is 21.5 Å². The Morgan fingerprint density at radius 1 is 0.350 bits per heavy atom. The first-order chi connectivity index (χ1) is 21.5. The fourth-order valence-electron chi connectivity index (χ4n) is 6.19. The molecule has 0 aliphatic carbocycles. The van der Waals surface area contributed by atoms with Gasteiger partial charge < -0.3 is 0 Å². The van der Waals surface area contributed by atoms with Gasteiger partial charge in [0.05, 0.1) is 5.48 Å². The van der Waals surface area contributed by atoms with Crippen LogP contribution in [0.5, 0.6) is 0 Å². The minimum absolute atomic E-state index is 0.0221. The predicted octanol–water partition coefficient (Wildman–Crippen LogP) is 11.3. The zero-order valence-electron chi connectivity index (χ0n) is 25.7. The van der Waals surface area contributed by atoms with Crippen LogP contribution in [0, 0.1) is 0 Å². The van der Waals surface area contributed by atoms with E-state index < -0.39 is 0 Å². The first-order valence-electron chi connectivity index (χ1n) is 15.5. The summed E-state index contributed by atoms with van der Waals surface area (Å²) in [6.07, 6.45) is 0. The van der Waals surface area contributed by atoms with Gasteiger partial charge >= 0.3 is 0 Å². The highest BCUT2D eigenvalue weighted by Crippen LogP contribution is 2.44. The Kier molecular flexibility index (Phi) is 4.37. The molecule has 8 aromatic carbocycles. The van der Waals surface area contributed by atoms with E-state index in [9.17, 15) is 0 Å². The van der Waals surface area contributed by atoms with Gasteiger partial charge in [-0.15, -0.1) is 0 Å². The summed E-state index contributed by atoms with van der Waals surface area (Å²) in [5.74, 6) is 0. The molecular weight excluding hydrogens is 480 g/mol. The molecule has 0 bridgehead atoms. The molecule has 0 aromatic heterocycles. The van der Waals surface area contributed by atoms with Crippen LogP contribution in [-0.2, 0) is 0 Å². The quantitative estimate of drug-likeness (QED) is 0.164. The van der Waals surface area contributed by atoms with Gasteiger partial charge in [0.15, 0.2) is 0 Å². The number of fused-ring (bicyclic) bond motifs is 5. The molecule has 40 heavy (non-hydrogen) atoms. The second kappa shape index (κ2) is 9.22. The van der Waals surface area contributed by atoms with Crippen molar-refractivity contribution in [1.29, 1.82) is 0 Å². The van der Waals surface area contributed by atoms with Crippen molar-refractivity contribution in [3.63, 3.8) is 0 Å². The van der Waals surface area contributed by atoms with E-state index in [0.717, 1.165) is 44.2 Å². The Hall–Kier alpha value is -5.20. The SMILES string of the molecule is [2H]c1c([2H])c([2H])c2c(-c3ccc(-c4cc5ccccc5c5ccccc45)cc3)c3ccccc3c(-c3ccccc3)c2c1[2H]. The monoisotopic (exact) mass is 510 g/mol. The van der Waals surface area contributed by atoms with Crippen LogP contribution >= 0.6 is 0 Å². The van der Waals surface area contributed by atoms with Gasteiger partial charge in [-0.1, -0.05) is 152 Å². The van der Waals surface area contributed by atoms with E-state index in [2.05, 4.69) is 91.0 Å². The molecule has 0 aliphatic rings. The summed E-state index contributed by atoms with van der Waals surface area (Å²) in [5, 5.41) is 7.82. The third-order valence-corrected chi connectivity index (χ3v) is 7.97. The second-order valence-electron chi connectivity index (χ2n) is 10.2. The van der Waals surface area contributed by atoms with Gasteiger partial charge in [-0.25, -0.2) is 0 Å². The Bertz CT molecular complexity index is 2410. The Morgan fingerprint density at radius 2 is 0.825 bits per heavy atom. The lowest BCUT2D eigenvalue weighted by Crippen LogP contribution is -1.91. The minimum atomic E-state index is -0.225. The van der Waals surface area contributed by atoms with Gasteiger partial charge in [-0.05, 0) is 82.5 Å². The van der Waals surface area contributed by atoms with Crippen LogP contribution in [0.4, 0.5) is 0 Å². The van der Waals surface area contributed by atoms with E-state index >= 15 is 0 Å². The average molecular weight is 511 g/mol. The summed E-state index contributed by atoms with van der Waals surface area (Å²) in [4.78, 5) is 0. The van der Waals surface area contributed by atoms with E-state index in [4.69, 9.17) is 5.48 Å². The van der Waals surface area contributed by atoms with Crippen molar-refractivity contribution in [2.75, 3.05) is 0 Å². The first kappa shape index (κ1) is 19.0. The first-order valence-corrected chi connectivity index (χ1v) is 13.5. The summed E-state index contributed by atoms with van der Waals surface area (Å²) in [5.41, 5.74) is 5.71. The molecule has 186 valence electrons. The Labute approximate surface area is 239 Å². The molecule has 0 atom stereocenters. The predicted molar refractivity (Wildman–Crippen MR) is 173 cm³/mol. The summed E-state index contributed by atoms with van der Waals surface area (Å²) in [6, 6.07) is 45.2. The Balaban J connectivity index is 1.43. The van der Waals surface area contributed by atoms with Crippen molar-refractivity contribution in [1.82, 2.24) is 0 Å². The molecule has 0 radical (unpaired) electrons. The van der Waals surface area contributed by atoms with Gasteiger partial charge in [-0.2, -0.15) is 0 Å². The van der Waals surface area contributed by atoms with Crippen LogP contribution in [0.15, 0.2) is 158 Å². The molecule has 0 saturated heterocycles. The van der Waals surface area contributed by atoms with E-state index in [-0.39, 0.29) is 24.2 Å². The summed E-state index contributed by atoms with van der Waals surface area (Å²) < 4.78 is 35.3. The molecule has 0 amide bonds. The fraction of sp³-hybridized carbons (Fsp3) is 0.